The van der Waals surface area contributed by atoms with Gasteiger partial charge in [0.25, 0.3) is 0 Å². The van der Waals surface area contributed by atoms with Crippen molar-refractivity contribution < 1.29 is 98.5 Å². The van der Waals surface area contributed by atoms with Gasteiger partial charge in [0.05, 0.1) is 6.61 Å². The van der Waals surface area contributed by atoms with Crippen LogP contribution in [0, 0.1) is 35.5 Å². The summed E-state index contributed by atoms with van der Waals surface area (Å²) < 4.78 is 110. The Hall–Kier alpha value is -5.02. The number of carbonyl (C=O) groups excluding carboxylic acids is 6. The predicted molar refractivity (Wildman–Crippen MR) is 291 cm³/mol. The molecule has 2 unspecified atom stereocenters. The topological polar surface area (TPSA) is 207 Å². The van der Waals surface area contributed by atoms with Gasteiger partial charge in [-0.3, -0.25) is 0 Å². The number of esters is 6. The molecule has 81 heavy (non-hydrogen) atoms. The fourth-order valence-corrected chi connectivity index (χ4v) is 10.7. The first kappa shape index (κ1) is 74.0. The minimum Gasteiger partial charge on any atom is -0.462 e. The van der Waals surface area contributed by atoms with Crippen molar-refractivity contribution in [1.29, 1.82) is 0 Å². The zero-order chi connectivity index (χ0) is 62.5. The molecule has 0 heterocycles. The molecule has 4 bridgehead atoms. The van der Waals surface area contributed by atoms with Gasteiger partial charge < -0.3 is 43.4 Å². The van der Waals surface area contributed by atoms with Gasteiger partial charge in [0.15, 0.2) is 24.6 Å². The Balaban J connectivity index is 0.000000514. The number of aliphatic hydroxyl groups is 2. The van der Waals surface area contributed by atoms with E-state index in [1.807, 2.05) is 13.8 Å². The summed E-state index contributed by atoms with van der Waals surface area (Å²) in [7, 11) is 0. The first-order chi connectivity index (χ1) is 37.2. The molecular weight excluding hydrogens is 1070 g/mol. The summed E-state index contributed by atoms with van der Waals surface area (Å²) >= 11 is 0. The molecule has 0 spiro atoms. The van der Waals surface area contributed by atoms with E-state index in [2.05, 4.69) is 56.2 Å². The molecule has 6 fully saturated rings. The molecule has 0 radical (unpaired) electrons. The second kappa shape index (κ2) is 32.7. The van der Waals surface area contributed by atoms with E-state index < -0.39 is 65.7 Å². The Kier molecular flexibility index (Phi) is 29.9. The Morgan fingerprint density at radius 3 is 1.46 bits per heavy atom. The molecule has 0 aliphatic heterocycles. The molecule has 21 heteroatoms. The number of carbonyl (C=O) groups is 6. The molecule has 0 aromatic heterocycles. The van der Waals surface area contributed by atoms with Gasteiger partial charge in [-0.1, -0.05) is 53.2 Å². The Morgan fingerprint density at radius 2 is 1.05 bits per heavy atom. The Bertz CT molecular complexity index is 2130. The summed E-state index contributed by atoms with van der Waals surface area (Å²) in [5, 5.41) is 18.6. The van der Waals surface area contributed by atoms with Crippen molar-refractivity contribution >= 4 is 35.8 Å². The van der Waals surface area contributed by atoms with Crippen molar-refractivity contribution in [3.8, 4) is 0 Å². The molecule has 6 aliphatic rings. The molecule has 2 atom stereocenters. The molecule has 0 aromatic rings. The van der Waals surface area contributed by atoms with E-state index in [-0.39, 0.29) is 79.3 Å². The maximum absolute atomic E-state index is 12.7. The van der Waals surface area contributed by atoms with Gasteiger partial charge in [-0.2, -0.15) is 26.3 Å². The average Bonchev–Trinajstić information content (AvgIpc) is 3.35. The SMILES string of the molecule is C=C(C)C(=O)OC1(C(C)C)C2CC3CC(C2)CC1C3.C=C(C)C(=O)OC1CCC(C(C)(O)C(F)(F)F)CC1.C=C(C)C(=O)OCC(=O)OC1(C)CCCCC1.C=C(C)C(=O)OCCCC(C)(O)C(F)(F)F.C=C(C)C(=O)OCOCC. The molecule has 15 nitrogen and oxygen atoms in total. The first-order valence-corrected chi connectivity index (χ1v) is 27.8. The molecule has 2 N–H and O–H groups in total. The van der Waals surface area contributed by atoms with Crippen LogP contribution < -0.4 is 0 Å². The minimum absolute atomic E-state index is 0.0161. The lowest BCUT2D eigenvalue weighted by Gasteiger charge is -2.61. The monoisotopic (exact) mass is 1170 g/mol. The molecule has 464 valence electrons. The predicted octanol–water partition coefficient (Wildman–Crippen LogP) is 12.6. The summed E-state index contributed by atoms with van der Waals surface area (Å²) in [5.41, 5.74) is -4.37. The maximum atomic E-state index is 12.7. The molecule has 0 aromatic carbocycles. The van der Waals surface area contributed by atoms with Gasteiger partial charge in [-0.25, -0.2) is 28.8 Å². The van der Waals surface area contributed by atoms with Gasteiger partial charge in [-0.15, -0.1) is 0 Å². The number of hydrogen-bond acceptors (Lipinski definition) is 15. The van der Waals surface area contributed by atoms with Crippen molar-refractivity contribution in [3.63, 3.8) is 0 Å². The zero-order valence-electron chi connectivity index (χ0n) is 49.7. The summed E-state index contributed by atoms with van der Waals surface area (Å²) in [6.07, 6.45) is 2.37. The van der Waals surface area contributed by atoms with Gasteiger partial charge in [-0.05, 0) is 194 Å². The van der Waals surface area contributed by atoms with E-state index in [4.69, 9.17) is 28.8 Å². The lowest BCUT2D eigenvalue weighted by molar-refractivity contribution is -0.276. The van der Waals surface area contributed by atoms with Crippen molar-refractivity contribution in [3.05, 3.63) is 60.8 Å². The third kappa shape index (κ3) is 24.0. The standard InChI is InChI=1S/C17H26O2.C13H19F3O3.C13H20O4.C10H15F3O3.C7H12O3/c1-10(2)16(18)19-17(11(3)4)14-6-12-5-13(8-14)9-15(17)7-12;1-8(2)11(17)19-10-6-4-9(5-7-10)12(3,18)13(14,15)16;1-10(2)12(15)16-9-11(14)17-13(3)7-5-4-6-8-13;1-7(2)8(14)16-6-4-5-9(3,15)10(11,12)13;1-4-9-5-10-7(8)6(2)3/h11-15H,1,5-9H2,2-4H3;9-10,18H,1,4-7H2,2-3H3;1,4-9H2,2-3H3;15H,1,4-6H2,2-3H3;2,4-5H2,1,3H3. The lowest BCUT2D eigenvalue weighted by atomic mass is 9.47. The second-order valence-electron chi connectivity index (χ2n) is 23.2. The molecule has 0 saturated heterocycles. The normalized spacial score (nSPS) is 24.6. The van der Waals surface area contributed by atoms with Crippen LogP contribution in [0.5, 0.6) is 0 Å². The quantitative estimate of drug-likeness (QED) is 0.0308. The van der Waals surface area contributed by atoms with E-state index in [1.165, 1.54) is 59.3 Å². The number of hydrogen-bond donors (Lipinski definition) is 2. The molecule has 0 amide bonds. The van der Waals surface area contributed by atoms with Gasteiger partial charge in [0.2, 0.25) is 0 Å². The fourth-order valence-electron chi connectivity index (χ4n) is 10.7. The number of halogens is 6. The largest absolute Gasteiger partial charge is 0.462 e. The minimum atomic E-state index is -4.68. The van der Waals surface area contributed by atoms with E-state index in [0.29, 0.717) is 55.3 Å². The summed E-state index contributed by atoms with van der Waals surface area (Å²) in [6, 6.07) is 0. The van der Waals surface area contributed by atoms with Crippen LogP contribution in [-0.2, 0) is 61.9 Å². The van der Waals surface area contributed by atoms with Crippen molar-refractivity contribution in [2.75, 3.05) is 26.6 Å². The van der Waals surface area contributed by atoms with Crippen LogP contribution in [0.1, 0.15) is 179 Å². The number of alkyl halides is 6. The summed E-state index contributed by atoms with van der Waals surface area (Å²) in [5.74, 6) is -0.264. The zero-order valence-corrected chi connectivity index (χ0v) is 49.7. The summed E-state index contributed by atoms with van der Waals surface area (Å²) in [6.45, 7) is 35.0. The smallest absolute Gasteiger partial charge is 0.417 e. The molecular formula is C60H92F6O15. The second-order valence-corrected chi connectivity index (χ2v) is 23.2. The highest BCUT2D eigenvalue weighted by molar-refractivity contribution is 5.89. The Morgan fingerprint density at radius 1 is 0.605 bits per heavy atom. The first-order valence-electron chi connectivity index (χ1n) is 27.8. The van der Waals surface area contributed by atoms with E-state index >= 15 is 0 Å². The van der Waals surface area contributed by atoms with Crippen molar-refractivity contribution in [2.24, 2.45) is 35.5 Å². The number of rotatable bonds is 19. The van der Waals surface area contributed by atoms with Gasteiger partial charge in [0, 0.05) is 34.5 Å². The average molecular weight is 1170 g/mol. The van der Waals surface area contributed by atoms with Crippen LogP contribution in [0.25, 0.3) is 0 Å². The molecule has 6 rings (SSSR count). The van der Waals surface area contributed by atoms with Crippen LogP contribution in [0.2, 0.25) is 0 Å². The van der Waals surface area contributed by atoms with E-state index in [1.54, 1.807) is 13.8 Å². The lowest BCUT2D eigenvalue weighted by Crippen LogP contribution is -2.62. The van der Waals surface area contributed by atoms with Crippen LogP contribution in [-0.4, -0.2) is 114 Å². The van der Waals surface area contributed by atoms with Crippen molar-refractivity contribution in [1.82, 2.24) is 0 Å². The van der Waals surface area contributed by atoms with Crippen molar-refractivity contribution in [2.45, 2.75) is 220 Å². The Labute approximate surface area is 475 Å². The highest BCUT2D eigenvalue weighted by Crippen LogP contribution is 2.62. The third-order valence-electron chi connectivity index (χ3n) is 15.4. The highest BCUT2D eigenvalue weighted by atomic mass is 19.4. The summed E-state index contributed by atoms with van der Waals surface area (Å²) in [4.78, 5) is 67.5. The van der Waals surface area contributed by atoms with E-state index in [9.17, 15) is 60.2 Å². The van der Waals surface area contributed by atoms with Gasteiger partial charge in [0.1, 0.15) is 17.3 Å². The molecule has 6 saturated carbocycles. The molecule has 6 aliphatic carbocycles. The third-order valence-corrected chi connectivity index (χ3v) is 15.4. The van der Waals surface area contributed by atoms with E-state index in [0.717, 1.165) is 44.4 Å². The van der Waals surface area contributed by atoms with Gasteiger partial charge >= 0.3 is 48.2 Å². The van der Waals surface area contributed by atoms with Crippen LogP contribution in [0.3, 0.4) is 0 Å². The maximum Gasteiger partial charge on any atom is 0.417 e. The van der Waals surface area contributed by atoms with Crippen LogP contribution in [0.4, 0.5) is 26.3 Å². The van der Waals surface area contributed by atoms with Crippen LogP contribution >= 0.6 is 0 Å². The highest BCUT2D eigenvalue weighted by Gasteiger charge is 2.61. The van der Waals surface area contributed by atoms with Crippen LogP contribution in [0.15, 0.2) is 60.8 Å². The fraction of sp³-hybridized carbons (Fsp3) is 0.733. The number of ether oxygens (including phenoxy) is 7.